The molecule has 0 unspecified atom stereocenters. The van der Waals surface area contributed by atoms with Gasteiger partial charge >= 0.3 is 6.03 Å². The van der Waals surface area contributed by atoms with Gasteiger partial charge in [-0.15, -0.1) is 0 Å². The lowest BCUT2D eigenvalue weighted by Gasteiger charge is -2.17. The largest absolute Gasteiger partial charge is 0.331 e. The normalized spacial score (nSPS) is 19.7. The summed E-state index contributed by atoms with van der Waals surface area (Å²) in [4.78, 5) is 27.3. The van der Waals surface area contributed by atoms with E-state index in [1.165, 1.54) is 9.80 Å². The van der Waals surface area contributed by atoms with Crippen LogP contribution >= 0.6 is 11.6 Å². The highest BCUT2D eigenvalue weighted by molar-refractivity contribution is 6.35. The van der Waals surface area contributed by atoms with E-state index >= 15 is 0 Å². The van der Waals surface area contributed by atoms with Gasteiger partial charge in [0.05, 0.1) is 10.7 Å². The van der Waals surface area contributed by atoms with E-state index in [1.54, 1.807) is 31.3 Å². The van der Waals surface area contributed by atoms with Crippen LogP contribution < -0.4 is 4.90 Å². The predicted molar refractivity (Wildman–Crippen MR) is 75.3 cm³/mol. The summed E-state index contributed by atoms with van der Waals surface area (Å²) in [5, 5.41) is 0.405. The molecule has 3 amide bonds. The smallest absolute Gasteiger partial charge is 0.315 e. The molecule has 0 N–H and O–H groups in total. The second-order valence-corrected chi connectivity index (χ2v) is 5.57. The Kier molecular flexibility index (Phi) is 3.80. The second kappa shape index (κ2) is 5.21. The Hall–Kier alpha value is -1.55. The lowest BCUT2D eigenvalue weighted by atomic mass is 10.0. The number of anilines is 1. The van der Waals surface area contributed by atoms with Gasteiger partial charge in [0.15, 0.2) is 0 Å². The van der Waals surface area contributed by atoms with Crippen molar-refractivity contribution in [2.75, 3.05) is 11.9 Å². The van der Waals surface area contributed by atoms with Crippen molar-refractivity contribution in [1.82, 2.24) is 4.90 Å². The molecule has 0 radical (unpaired) electrons. The van der Waals surface area contributed by atoms with E-state index in [0.717, 1.165) is 0 Å². The fourth-order valence-electron chi connectivity index (χ4n) is 2.26. The molecule has 1 saturated heterocycles. The summed E-state index contributed by atoms with van der Waals surface area (Å²) in [6, 6.07) is 6.17. The number of likely N-dealkylation sites (N-methyl/N-ethyl adjacent to an activating group) is 1. The molecule has 1 aliphatic heterocycles. The molecule has 19 heavy (non-hydrogen) atoms. The van der Waals surface area contributed by atoms with Gasteiger partial charge in [0.25, 0.3) is 5.91 Å². The summed E-state index contributed by atoms with van der Waals surface area (Å²) in [6.07, 6.45) is 0.655. The number of nitrogens with zero attached hydrogens (tertiary/aromatic N) is 2. The highest BCUT2D eigenvalue weighted by Gasteiger charge is 2.44. The molecule has 4 nitrogen and oxygen atoms in total. The number of carbonyl (C=O) groups excluding carboxylic acids is 2. The first-order valence-corrected chi connectivity index (χ1v) is 6.66. The van der Waals surface area contributed by atoms with Crippen LogP contribution in [0.25, 0.3) is 0 Å². The molecule has 1 aromatic carbocycles. The van der Waals surface area contributed by atoms with Crippen molar-refractivity contribution in [2.24, 2.45) is 5.92 Å². The average molecular weight is 281 g/mol. The topological polar surface area (TPSA) is 40.6 Å². The molecule has 5 heteroatoms. The molecule has 2 rings (SSSR count). The van der Waals surface area contributed by atoms with Gasteiger partial charge in [-0.3, -0.25) is 4.79 Å². The summed E-state index contributed by atoms with van der Waals surface area (Å²) in [7, 11) is 1.66. The van der Waals surface area contributed by atoms with Crippen molar-refractivity contribution in [1.29, 1.82) is 0 Å². The summed E-state index contributed by atoms with van der Waals surface area (Å²) < 4.78 is 0. The first-order valence-electron chi connectivity index (χ1n) is 6.28. The van der Waals surface area contributed by atoms with Crippen LogP contribution in [-0.2, 0) is 4.79 Å². The molecular weight excluding hydrogens is 264 g/mol. The maximum atomic E-state index is 12.4. The van der Waals surface area contributed by atoms with Crippen molar-refractivity contribution in [3.05, 3.63) is 29.3 Å². The van der Waals surface area contributed by atoms with Crippen molar-refractivity contribution in [3.63, 3.8) is 0 Å². The minimum atomic E-state index is -0.399. The zero-order valence-electron chi connectivity index (χ0n) is 11.3. The van der Waals surface area contributed by atoms with Crippen LogP contribution in [-0.4, -0.2) is 29.9 Å². The van der Waals surface area contributed by atoms with Gasteiger partial charge in [0.2, 0.25) is 0 Å². The quantitative estimate of drug-likeness (QED) is 0.798. The molecule has 102 valence electrons. The lowest BCUT2D eigenvalue weighted by Crippen LogP contribution is -2.32. The molecule has 0 bridgehead atoms. The average Bonchev–Trinajstić information content (AvgIpc) is 2.55. The monoisotopic (exact) mass is 280 g/mol. The zero-order valence-corrected chi connectivity index (χ0v) is 12.0. The highest BCUT2D eigenvalue weighted by Crippen LogP contribution is 2.32. The molecule has 1 fully saturated rings. The van der Waals surface area contributed by atoms with Gasteiger partial charge in [-0.2, -0.15) is 0 Å². The molecule has 1 aromatic rings. The Morgan fingerprint density at radius 1 is 1.26 bits per heavy atom. The summed E-state index contributed by atoms with van der Waals surface area (Å²) in [6.45, 7) is 4.06. The summed E-state index contributed by atoms with van der Waals surface area (Å²) >= 11 is 6.07. The Balaban J connectivity index is 2.35. The summed E-state index contributed by atoms with van der Waals surface area (Å²) in [5.41, 5.74) is 0.456. The number of rotatable bonds is 3. The SMILES string of the molecule is CC(C)C[C@H]1C(=O)N(c2ccccc2Cl)C(=O)N1C. The minimum absolute atomic E-state index is 0.200. The zero-order chi connectivity index (χ0) is 14.2. The Labute approximate surface area is 117 Å². The number of para-hydroxylation sites is 1. The molecular formula is C14H17ClN2O2. The number of urea groups is 1. The van der Waals surface area contributed by atoms with Gasteiger partial charge in [0.1, 0.15) is 6.04 Å². The van der Waals surface area contributed by atoms with E-state index in [4.69, 9.17) is 11.6 Å². The third-order valence-electron chi connectivity index (χ3n) is 3.25. The first-order chi connectivity index (χ1) is 8.93. The van der Waals surface area contributed by atoms with E-state index in [-0.39, 0.29) is 11.9 Å². The second-order valence-electron chi connectivity index (χ2n) is 5.16. The van der Waals surface area contributed by atoms with Crippen LogP contribution in [0.3, 0.4) is 0 Å². The van der Waals surface area contributed by atoms with Gasteiger partial charge in [-0.05, 0) is 24.5 Å². The maximum absolute atomic E-state index is 12.4. The lowest BCUT2D eigenvalue weighted by molar-refractivity contribution is -0.119. The van der Waals surface area contributed by atoms with Crippen LogP contribution in [0.5, 0.6) is 0 Å². The molecule has 0 aliphatic carbocycles. The van der Waals surface area contributed by atoms with Crippen LogP contribution in [0.1, 0.15) is 20.3 Å². The molecule has 1 heterocycles. The van der Waals surface area contributed by atoms with Crippen LogP contribution in [0.2, 0.25) is 5.02 Å². The first kappa shape index (κ1) is 13.9. The Morgan fingerprint density at radius 3 is 2.47 bits per heavy atom. The number of imide groups is 1. The minimum Gasteiger partial charge on any atom is -0.315 e. The third-order valence-corrected chi connectivity index (χ3v) is 3.57. The van der Waals surface area contributed by atoms with Crippen LogP contribution in [0, 0.1) is 5.92 Å². The van der Waals surface area contributed by atoms with E-state index in [1.807, 2.05) is 13.8 Å². The third kappa shape index (κ3) is 2.45. The maximum Gasteiger partial charge on any atom is 0.331 e. The standard InChI is InChI=1S/C14H17ClN2O2/c1-9(2)8-12-13(18)17(14(19)16(12)3)11-7-5-4-6-10(11)15/h4-7,9,12H,8H2,1-3H3/t12-/m0/s1. The molecule has 0 saturated carbocycles. The van der Waals surface area contributed by atoms with Crippen molar-refractivity contribution < 1.29 is 9.59 Å². The van der Waals surface area contributed by atoms with E-state index in [9.17, 15) is 9.59 Å². The van der Waals surface area contributed by atoms with Crippen molar-refractivity contribution in [2.45, 2.75) is 26.3 Å². The number of hydrogen-bond donors (Lipinski definition) is 0. The number of hydrogen-bond acceptors (Lipinski definition) is 2. The Morgan fingerprint density at radius 2 is 1.89 bits per heavy atom. The number of benzene rings is 1. The molecule has 1 aliphatic rings. The van der Waals surface area contributed by atoms with Gasteiger partial charge in [-0.25, -0.2) is 9.69 Å². The van der Waals surface area contributed by atoms with Gasteiger partial charge in [-0.1, -0.05) is 37.6 Å². The van der Waals surface area contributed by atoms with Gasteiger partial charge in [0, 0.05) is 7.05 Å². The molecule has 1 atom stereocenters. The number of halogens is 1. The van der Waals surface area contributed by atoms with E-state index in [0.29, 0.717) is 23.0 Å². The summed E-state index contributed by atoms with van der Waals surface area (Å²) in [5.74, 6) is 0.143. The highest BCUT2D eigenvalue weighted by atomic mass is 35.5. The van der Waals surface area contributed by atoms with E-state index in [2.05, 4.69) is 0 Å². The fourth-order valence-corrected chi connectivity index (χ4v) is 2.48. The van der Waals surface area contributed by atoms with Crippen molar-refractivity contribution >= 4 is 29.2 Å². The molecule has 0 spiro atoms. The fraction of sp³-hybridized carbons (Fsp3) is 0.429. The Bertz CT molecular complexity index is 516. The van der Waals surface area contributed by atoms with E-state index < -0.39 is 6.04 Å². The van der Waals surface area contributed by atoms with Crippen LogP contribution in [0.15, 0.2) is 24.3 Å². The predicted octanol–water partition coefficient (Wildman–Crippen LogP) is 3.15. The van der Waals surface area contributed by atoms with Gasteiger partial charge < -0.3 is 4.90 Å². The number of amides is 3. The van der Waals surface area contributed by atoms with Crippen LogP contribution in [0.4, 0.5) is 10.5 Å². The number of carbonyl (C=O) groups is 2. The van der Waals surface area contributed by atoms with Crippen molar-refractivity contribution in [3.8, 4) is 0 Å². The molecule has 0 aromatic heterocycles.